The minimum atomic E-state index is -0.484. The molecule has 2 amide bonds. The number of hydrogen-bond acceptors (Lipinski definition) is 5. The fraction of sp³-hybridized carbons (Fsp3) is 0.471. The van der Waals surface area contributed by atoms with E-state index in [9.17, 15) is 9.59 Å². The summed E-state index contributed by atoms with van der Waals surface area (Å²) >= 11 is 0. The first-order chi connectivity index (χ1) is 12.1. The summed E-state index contributed by atoms with van der Waals surface area (Å²) in [6.07, 6.45) is 5.71. The third-order valence-electron chi connectivity index (χ3n) is 4.37. The van der Waals surface area contributed by atoms with Crippen molar-refractivity contribution in [2.45, 2.75) is 38.6 Å². The first-order valence-electron chi connectivity index (χ1n) is 8.59. The van der Waals surface area contributed by atoms with Crippen LogP contribution in [0.15, 0.2) is 24.3 Å². The first-order valence-corrected chi connectivity index (χ1v) is 8.59. The van der Waals surface area contributed by atoms with Gasteiger partial charge in [-0.05, 0) is 30.2 Å². The third-order valence-corrected chi connectivity index (χ3v) is 4.37. The molecule has 0 spiro atoms. The van der Waals surface area contributed by atoms with E-state index in [1.807, 2.05) is 4.90 Å². The van der Waals surface area contributed by atoms with Crippen LogP contribution < -0.4 is 5.73 Å². The van der Waals surface area contributed by atoms with Crippen LogP contribution in [0.4, 0.5) is 0 Å². The van der Waals surface area contributed by atoms with Crippen molar-refractivity contribution >= 4 is 11.8 Å². The molecule has 2 aromatic rings. The second-order valence-electron chi connectivity index (χ2n) is 6.23. The summed E-state index contributed by atoms with van der Waals surface area (Å²) in [5, 5.41) is 12.2. The normalized spacial score (nSPS) is 15.4. The number of primary amides is 1. The maximum Gasteiger partial charge on any atom is 0.248 e. The van der Waals surface area contributed by atoms with Gasteiger partial charge < -0.3 is 10.6 Å². The van der Waals surface area contributed by atoms with Gasteiger partial charge in [0.25, 0.3) is 0 Å². The van der Waals surface area contributed by atoms with Crippen LogP contribution in [0.3, 0.4) is 0 Å². The summed E-state index contributed by atoms with van der Waals surface area (Å²) in [4.78, 5) is 26.8. The van der Waals surface area contributed by atoms with E-state index in [4.69, 9.17) is 5.73 Å². The Kier molecular flexibility index (Phi) is 5.37. The Morgan fingerprint density at radius 2 is 1.64 bits per heavy atom. The Morgan fingerprint density at radius 1 is 1.00 bits per heavy atom. The van der Waals surface area contributed by atoms with Gasteiger partial charge in [0.05, 0.1) is 0 Å². The number of benzene rings is 1. The summed E-state index contributed by atoms with van der Waals surface area (Å²) < 4.78 is 0. The molecule has 1 aliphatic heterocycles. The average molecular weight is 342 g/mol. The molecule has 0 saturated carbocycles. The molecule has 8 heteroatoms. The van der Waals surface area contributed by atoms with Crippen LogP contribution in [-0.4, -0.2) is 50.0 Å². The van der Waals surface area contributed by atoms with Gasteiger partial charge >= 0.3 is 0 Å². The molecule has 132 valence electrons. The number of tetrazole rings is 1. The minimum absolute atomic E-state index is 0.0231. The SMILES string of the molecule is NC(=O)c1ccc(-c2nnn(CC(=O)N3CCCCCCC3)n2)cc1. The lowest BCUT2D eigenvalue weighted by Crippen LogP contribution is -2.36. The van der Waals surface area contributed by atoms with Crippen LogP contribution in [0, 0.1) is 0 Å². The van der Waals surface area contributed by atoms with Gasteiger partial charge in [-0.1, -0.05) is 31.4 Å². The van der Waals surface area contributed by atoms with Crippen molar-refractivity contribution in [3.05, 3.63) is 29.8 Å². The number of nitrogens with zero attached hydrogens (tertiary/aromatic N) is 5. The highest BCUT2D eigenvalue weighted by Gasteiger charge is 2.17. The van der Waals surface area contributed by atoms with E-state index in [1.54, 1.807) is 24.3 Å². The summed E-state index contributed by atoms with van der Waals surface area (Å²) in [7, 11) is 0. The van der Waals surface area contributed by atoms with Crippen molar-refractivity contribution in [3.8, 4) is 11.4 Å². The fourth-order valence-corrected chi connectivity index (χ4v) is 2.93. The first kappa shape index (κ1) is 17.1. The van der Waals surface area contributed by atoms with Crippen LogP contribution >= 0.6 is 0 Å². The zero-order valence-corrected chi connectivity index (χ0v) is 14.1. The van der Waals surface area contributed by atoms with Crippen LogP contribution in [0.2, 0.25) is 0 Å². The number of rotatable bonds is 4. The zero-order chi connectivity index (χ0) is 17.6. The molecular weight excluding hydrogens is 320 g/mol. The van der Waals surface area contributed by atoms with Gasteiger partial charge in [-0.25, -0.2) is 0 Å². The van der Waals surface area contributed by atoms with Crippen LogP contribution in [0.1, 0.15) is 42.5 Å². The second-order valence-corrected chi connectivity index (χ2v) is 6.23. The molecule has 1 aromatic heterocycles. The number of likely N-dealkylation sites (tertiary alicyclic amines) is 1. The van der Waals surface area contributed by atoms with Crippen molar-refractivity contribution in [1.82, 2.24) is 25.1 Å². The van der Waals surface area contributed by atoms with Crippen molar-refractivity contribution < 1.29 is 9.59 Å². The van der Waals surface area contributed by atoms with Crippen LogP contribution in [-0.2, 0) is 11.3 Å². The summed E-state index contributed by atoms with van der Waals surface area (Å²) in [6, 6.07) is 6.65. The van der Waals surface area contributed by atoms with Crippen molar-refractivity contribution in [2.24, 2.45) is 5.73 Å². The lowest BCUT2D eigenvalue weighted by atomic mass is 10.1. The van der Waals surface area contributed by atoms with Gasteiger partial charge in [0.2, 0.25) is 17.6 Å². The maximum absolute atomic E-state index is 12.4. The van der Waals surface area contributed by atoms with E-state index in [2.05, 4.69) is 15.4 Å². The van der Waals surface area contributed by atoms with E-state index in [0.29, 0.717) is 11.4 Å². The standard InChI is InChI=1S/C17H22N6O2/c18-16(25)13-6-8-14(9-7-13)17-19-21-23(20-17)12-15(24)22-10-4-2-1-3-5-11-22/h6-9H,1-5,10-12H2,(H2,18,25). The molecule has 1 saturated heterocycles. The Balaban J connectivity index is 1.64. The predicted molar refractivity (Wildman–Crippen MR) is 91.4 cm³/mol. The predicted octanol–water partition coefficient (Wildman–Crippen LogP) is 1.23. The highest BCUT2D eigenvalue weighted by molar-refractivity contribution is 5.93. The van der Waals surface area contributed by atoms with E-state index < -0.39 is 5.91 Å². The van der Waals surface area contributed by atoms with Gasteiger partial charge in [0.15, 0.2) is 0 Å². The monoisotopic (exact) mass is 342 g/mol. The highest BCUT2D eigenvalue weighted by Crippen LogP contribution is 2.15. The van der Waals surface area contributed by atoms with E-state index in [0.717, 1.165) is 31.5 Å². The summed E-state index contributed by atoms with van der Waals surface area (Å²) in [5.41, 5.74) is 6.36. The van der Waals surface area contributed by atoms with Crippen molar-refractivity contribution in [1.29, 1.82) is 0 Å². The zero-order valence-electron chi connectivity index (χ0n) is 14.1. The van der Waals surface area contributed by atoms with Gasteiger partial charge in [0, 0.05) is 24.2 Å². The third kappa shape index (κ3) is 4.40. The average Bonchev–Trinajstić information content (AvgIpc) is 3.03. The van der Waals surface area contributed by atoms with Gasteiger partial charge in [-0.3, -0.25) is 9.59 Å². The Labute approximate surface area is 146 Å². The van der Waals surface area contributed by atoms with E-state index in [-0.39, 0.29) is 12.5 Å². The molecule has 1 aliphatic rings. The van der Waals surface area contributed by atoms with Gasteiger partial charge in [-0.2, -0.15) is 4.80 Å². The molecule has 0 radical (unpaired) electrons. The Hall–Kier alpha value is -2.77. The Bertz CT molecular complexity index is 732. The molecule has 1 aromatic carbocycles. The second kappa shape index (κ2) is 7.87. The van der Waals surface area contributed by atoms with E-state index >= 15 is 0 Å². The number of nitrogens with two attached hydrogens (primary N) is 1. The highest BCUT2D eigenvalue weighted by atomic mass is 16.2. The molecule has 0 unspecified atom stereocenters. The quantitative estimate of drug-likeness (QED) is 0.899. The van der Waals surface area contributed by atoms with Crippen LogP contribution in [0.5, 0.6) is 0 Å². The Morgan fingerprint density at radius 3 is 2.28 bits per heavy atom. The summed E-state index contributed by atoms with van der Waals surface area (Å²) in [5.74, 6) is -0.0478. The molecule has 25 heavy (non-hydrogen) atoms. The molecule has 2 N–H and O–H groups in total. The number of aromatic nitrogens is 4. The number of carbonyl (C=O) groups excluding carboxylic acids is 2. The van der Waals surface area contributed by atoms with E-state index in [1.165, 1.54) is 24.1 Å². The molecule has 8 nitrogen and oxygen atoms in total. The molecule has 0 bridgehead atoms. The molecular formula is C17H22N6O2. The lowest BCUT2D eigenvalue weighted by molar-refractivity contribution is -0.132. The number of hydrogen-bond donors (Lipinski definition) is 1. The molecule has 2 heterocycles. The molecule has 0 atom stereocenters. The number of amides is 2. The fourth-order valence-electron chi connectivity index (χ4n) is 2.93. The summed E-state index contributed by atoms with van der Waals surface area (Å²) in [6.45, 7) is 1.69. The maximum atomic E-state index is 12.4. The van der Waals surface area contributed by atoms with Gasteiger partial charge in [-0.15, -0.1) is 10.2 Å². The largest absolute Gasteiger partial charge is 0.366 e. The smallest absolute Gasteiger partial charge is 0.248 e. The number of carbonyl (C=O) groups is 2. The van der Waals surface area contributed by atoms with Crippen LogP contribution in [0.25, 0.3) is 11.4 Å². The topological polar surface area (TPSA) is 107 Å². The molecule has 0 aliphatic carbocycles. The van der Waals surface area contributed by atoms with Crippen molar-refractivity contribution in [2.75, 3.05) is 13.1 Å². The van der Waals surface area contributed by atoms with Crippen molar-refractivity contribution in [3.63, 3.8) is 0 Å². The lowest BCUT2D eigenvalue weighted by Gasteiger charge is -2.24. The molecule has 1 fully saturated rings. The minimum Gasteiger partial charge on any atom is -0.366 e. The van der Waals surface area contributed by atoms with Gasteiger partial charge in [0.1, 0.15) is 6.54 Å². The molecule has 3 rings (SSSR count).